The van der Waals surface area contributed by atoms with Gasteiger partial charge in [0.2, 0.25) is 10.8 Å². The first-order valence-electron chi connectivity index (χ1n) is 7.57. The number of benzene rings is 1. The first-order valence-corrected chi connectivity index (χ1v) is 8.39. The average Bonchev–Trinajstić information content (AvgIpc) is 3.24. The van der Waals surface area contributed by atoms with Crippen LogP contribution in [0.1, 0.15) is 22.7 Å². The van der Waals surface area contributed by atoms with Crippen LogP contribution in [-0.2, 0) is 12.8 Å². The summed E-state index contributed by atoms with van der Waals surface area (Å²) in [6, 6.07) is 12.5. The minimum Gasteiger partial charge on any atom is -0.282 e. The highest BCUT2D eigenvalue weighted by molar-refractivity contribution is 7.16. The Morgan fingerprint density at radius 2 is 2.00 bits per heavy atom. The van der Waals surface area contributed by atoms with E-state index in [0.29, 0.717) is 5.82 Å². The Balaban J connectivity index is 1.50. The SMILES string of the molecule is Cc1cc(-c2nnc3sc(CCCc4ccccc4)nn23)n[nH]1. The summed E-state index contributed by atoms with van der Waals surface area (Å²) >= 11 is 1.59. The van der Waals surface area contributed by atoms with E-state index in [-0.39, 0.29) is 0 Å². The van der Waals surface area contributed by atoms with E-state index < -0.39 is 0 Å². The van der Waals surface area contributed by atoms with Crippen molar-refractivity contribution in [3.8, 4) is 11.5 Å². The van der Waals surface area contributed by atoms with E-state index in [2.05, 4.69) is 49.8 Å². The lowest BCUT2D eigenvalue weighted by Crippen LogP contribution is -1.94. The van der Waals surface area contributed by atoms with Crippen molar-refractivity contribution >= 4 is 16.3 Å². The fraction of sp³-hybridized carbons (Fsp3) is 0.250. The van der Waals surface area contributed by atoms with Gasteiger partial charge in [0.25, 0.3) is 0 Å². The molecular formula is C16H16N6S. The molecule has 0 bridgehead atoms. The van der Waals surface area contributed by atoms with E-state index >= 15 is 0 Å². The van der Waals surface area contributed by atoms with Gasteiger partial charge in [-0.25, -0.2) is 0 Å². The first-order chi connectivity index (χ1) is 11.3. The molecular weight excluding hydrogens is 308 g/mol. The summed E-state index contributed by atoms with van der Waals surface area (Å²) in [7, 11) is 0. The second kappa shape index (κ2) is 5.92. The Labute approximate surface area is 137 Å². The normalized spacial score (nSPS) is 11.3. The zero-order valence-electron chi connectivity index (χ0n) is 12.7. The first kappa shape index (κ1) is 14.1. The van der Waals surface area contributed by atoms with Gasteiger partial charge in [0.1, 0.15) is 10.7 Å². The smallest absolute Gasteiger partial charge is 0.235 e. The standard InChI is InChI=1S/C16H16N6S/c1-11-10-13(18-17-11)15-19-20-16-22(15)21-14(23-16)9-5-8-12-6-3-2-4-7-12/h2-4,6-7,10H,5,8-9H2,1H3,(H,17,18). The summed E-state index contributed by atoms with van der Waals surface area (Å²) in [6.45, 7) is 1.96. The third-order valence-corrected chi connectivity index (χ3v) is 4.63. The van der Waals surface area contributed by atoms with E-state index in [1.165, 1.54) is 5.56 Å². The van der Waals surface area contributed by atoms with Gasteiger partial charge < -0.3 is 0 Å². The van der Waals surface area contributed by atoms with Crippen molar-refractivity contribution in [2.45, 2.75) is 26.2 Å². The fourth-order valence-corrected chi connectivity index (χ4v) is 3.41. The lowest BCUT2D eigenvalue weighted by molar-refractivity contribution is 0.788. The van der Waals surface area contributed by atoms with Crippen molar-refractivity contribution in [3.05, 3.63) is 52.7 Å². The summed E-state index contributed by atoms with van der Waals surface area (Å²) in [5.41, 5.74) is 3.13. The third-order valence-electron chi connectivity index (χ3n) is 3.67. The van der Waals surface area contributed by atoms with Crippen LogP contribution in [0.4, 0.5) is 0 Å². The van der Waals surface area contributed by atoms with Gasteiger partial charge in [-0.05, 0) is 31.4 Å². The number of aromatic amines is 1. The maximum absolute atomic E-state index is 4.65. The van der Waals surface area contributed by atoms with Crippen LogP contribution in [0.25, 0.3) is 16.5 Å². The Hall–Kier alpha value is -2.54. The van der Waals surface area contributed by atoms with Crippen molar-refractivity contribution in [1.29, 1.82) is 0 Å². The molecule has 3 heterocycles. The number of nitrogens with zero attached hydrogens (tertiary/aromatic N) is 5. The quantitative estimate of drug-likeness (QED) is 0.612. The molecule has 0 spiro atoms. The topological polar surface area (TPSA) is 71.8 Å². The van der Waals surface area contributed by atoms with E-state index in [4.69, 9.17) is 0 Å². The molecule has 6 nitrogen and oxygen atoms in total. The van der Waals surface area contributed by atoms with Crippen LogP contribution in [0.15, 0.2) is 36.4 Å². The van der Waals surface area contributed by atoms with Gasteiger partial charge in [-0.3, -0.25) is 5.10 Å². The fourth-order valence-electron chi connectivity index (χ4n) is 2.54. The van der Waals surface area contributed by atoms with E-state index in [1.807, 2.05) is 19.1 Å². The molecule has 0 atom stereocenters. The highest BCUT2D eigenvalue weighted by Gasteiger charge is 2.15. The number of fused-ring (bicyclic) bond motifs is 1. The summed E-state index contributed by atoms with van der Waals surface area (Å²) in [5, 5.41) is 21.3. The lowest BCUT2D eigenvalue weighted by Gasteiger charge is -1.98. The summed E-state index contributed by atoms with van der Waals surface area (Å²) in [5.74, 6) is 0.690. The number of nitrogens with one attached hydrogen (secondary N) is 1. The van der Waals surface area contributed by atoms with E-state index in [1.54, 1.807) is 15.9 Å². The molecule has 0 aliphatic carbocycles. The summed E-state index contributed by atoms with van der Waals surface area (Å²) in [6.07, 6.45) is 3.08. The monoisotopic (exact) mass is 324 g/mol. The van der Waals surface area contributed by atoms with E-state index in [0.717, 1.165) is 40.6 Å². The second-order valence-electron chi connectivity index (χ2n) is 5.49. The zero-order chi connectivity index (χ0) is 15.6. The molecule has 1 N–H and O–H groups in total. The number of hydrogen-bond acceptors (Lipinski definition) is 5. The molecule has 116 valence electrons. The number of H-pyrrole nitrogens is 1. The van der Waals surface area contributed by atoms with Gasteiger partial charge in [0, 0.05) is 12.1 Å². The Bertz CT molecular complexity index is 921. The minimum absolute atomic E-state index is 0.690. The van der Waals surface area contributed by atoms with Crippen molar-refractivity contribution in [1.82, 2.24) is 30.0 Å². The molecule has 0 fully saturated rings. The van der Waals surface area contributed by atoms with Crippen molar-refractivity contribution in [3.63, 3.8) is 0 Å². The average molecular weight is 324 g/mol. The van der Waals surface area contributed by atoms with Crippen molar-refractivity contribution < 1.29 is 0 Å². The summed E-state index contributed by atoms with van der Waals surface area (Å²) in [4.78, 5) is 0.815. The van der Waals surface area contributed by atoms with Gasteiger partial charge in [0.15, 0.2) is 0 Å². The van der Waals surface area contributed by atoms with Crippen molar-refractivity contribution in [2.24, 2.45) is 0 Å². The number of hydrogen-bond donors (Lipinski definition) is 1. The number of aryl methyl sites for hydroxylation is 3. The Morgan fingerprint density at radius 1 is 1.13 bits per heavy atom. The molecule has 4 rings (SSSR count). The molecule has 0 aliphatic rings. The second-order valence-corrected chi connectivity index (χ2v) is 6.53. The van der Waals surface area contributed by atoms with Crippen LogP contribution in [0.2, 0.25) is 0 Å². The summed E-state index contributed by atoms with van der Waals surface area (Å²) < 4.78 is 1.79. The molecule has 0 aliphatic heterocycles. The zero-order valence-corrected chi connectivity index (χ0v) is 13.5. The van der Waals surface area contributed by atoms with Crippen molar-refractivity contribution in [2.75, 3.05) is 0 Å². The largest absolute Gasteiger partial charge is 0.282 e. The maximum atomic E-state index is 4.65. The van der Waals surface area contributed by atoms with Gasteiger partial charge in [0.05, 0.1) is 0 Å². The predicted molar refractivity (Wildman–Crippen MR) is 89.4 cm³/mol. The Morgan fingerprint density at radius 3 is 2.78 bits per heavy atom. The number of aromatic nitrogens is 6. The highest BCUT2D eigenvalue weighted by Crippen LogP contribution is 2.21. The lowest BCUT2D eigenvalue weighted by atomic mass is 10.1. The molecule has 0 radical (unpaired) electrons. The van der Waals surface area contributed by atoms with E-state index in [9.17, 15) is 0 Å². The number of rotatable bonds is 5. The van der Waals surface area contributed by atoms with Crippen LogP contribution in [0.5, 0.6) is 0 Å². The van der Waals surface area contributed by atoms with Crippen LogP contribution in [-0.4, -0.2) is 30.0 Å². The molecule has 0 saturated carbocycles. The van der Waals surface area contributed by atoms with Gasteiger partial charge in [-0.1, -0.05) is 41.7 Å². The minimum atomic E-state index is 0.690. The van der Waals surface area contributed by atoms with Crippen LogP contribution < -0.4 is 0 Å². The molecule has 7 heteroatoms. The highest BCUT2D eigenvalue weighted by atomic mass is 32.1. The molecule has 3 aromatic heterocycles. The third kappa shape index (κ3) is 2.87. The molecule has 23 heavy (non-hydrogen) atoms. The predicted octanol–water partition coefficient (Wildman–Crippen LogP) is 3.06. The molecule has 0 unspecified atom stereocenters. The van der Waals surface area contributed by atoms with Crippen LogP contribution in [0.3, 0.4) is 0 Å². The maximum Gasteiger partial charge on any atom is 0.235 e. The van der Waals surface area contributed by atoms with Gasteiger partial charge >= 0.3 is 0 Å². The van der Waals surface area contributed by atoms with Gasteiger partial charge in [-0.15, -0.1) is 10.2 Å². The van der Waals surface area contributed by atoms with Crippen LogP contribution >= 0.6 is 11.3 Å². The van der Waals surface area contributed by atoms with Crippen LogP contribution in [0, 0.1) is 6.92 Å². The van der Waals surface area contributed by atoms with Gasteiger partial charge in [-0.2, -0.15) is 14.7 Å². The molecule has 0 saturated heterocycles. The Kier molecular flexibility index (Phi) is 3.63. The molecule has 0 amide bonds. The molecule has 1 aromatic carbocycles. The molecule has 4 aromatic rings.